The van der Waals surface area contributed by atoms with Crippen LogP contribution in [0.4, 0.5) is 0 Å². The van der Waals surface area contributed by atoms with E-state index in [1.54, 1.807) is 25.1 Å². The van der Waals surface area contributed by atoms with Gasteiger partial charge in [0.2, 0.25) is 0 Å². The Labute approximate surface area is 149 Å². The van der Waals surface area contributed by atoms with E-state index in [4.69, 9.17) is 14.2 Å². The Kier molecular flexibility index (Phi) is 6.19. The van der Waals surface area contributed by atoms with Crippen LogP contribution in [0.2, 0.25) is 0 Å². The van der Waals surface area contributed by atoms with Gasteiger partial charge in [0.15, 0.2) is 0 Å². The summed E-state index contributed by atoms with van der Waals surface area (Å²) in [5.74, 6) is -2.12. The second-order valence-corrected chi connectivity index (χ2v) is 6.61. The van der Waals surface area contributed by atoms with Crippen molar-refractivity contribution in [2.75, 3.05) is 19.8 Å². The van der Waals surface area contributed by atoms with Crippen LogP contribution in [0.15, 0.2) is 24.3 Å². The van der Waals surface area contributed by atoms with Crippen molar-refractivity contribution in [1.29, 1.82) is 0 Å². The van der Waals surface area contributed by atoms with E-state index in [-0.39, 0.29) is 18.6 Å². The zero-order valence-electron chi connectivity index (χ0n) is 15.6. The zero-order valence-corrected chi connectivity index (χ0v) is 15.6. The van der Waals surface area contributed by atoms with Crippen molar-refractivity contribution < 1.29 is 23.8 Å². The summed E-state index contributed by atoms with van der Waals surface area (Å²) in [5, 5.41) is 0. The van der Waals surface area contributed by atoms with Crippen molar-refractivity contribution in [1.82, 2.24) is 4.90 Å². The number of carbonyl (C=O) groups is 2. The molecular weight excluding hydrogens is 322 g/mol. The predicted molar refractivity (Wildman–Crippen MR) is 93.2 cm³/mol. The minimum Gasteiger partial charge on any atom is -0.462 e. The highest BCUT2D eigenvalue weighted by Crippen LogP contribution is 2.35. The summed E-state index contributed by atoms with van der Waals surface area (Å²) in [6, 6.07) is 6.53. The third kappa shape index (κ3) is 4.02. The molecule has 6 heteroatoms. The van der Waals surface area contributed by atoms with Crippen molar-refractivity contribution in [3.05, 3.63) is 35.4 Å². The van der Waals surface area contributed by atoms with E-state index in [1.807, 2.05) is 32.6 Å². The van der Waals surface area contributed by atoms with Gasteiger partial charge in [-0.25, -0.2) is 14.5 Å². The Hall–Kier alpha value is -1.92. The molecule has 0 amide bonds. The largest absolute Gasteiger partial charge is 0.462 e. The summed E-state index contributed by atoms with van der Waals surface area (Å²) < 4.78 is 16.7. The summed E-state index contributed by atoms with van der Waals surface area (Å²) in [6.45, 7) is 11.2. The SMILES string of the molecule is CCOC(=O)c1cccc(C(=O)OC2(C(C)C)OCCN2C(C)C)c1. The number of rotatable bonds is 6. The fraction of sp³-hybridized carbons (Fsp3) is 0.579. The fourth-order valence-corrected chi connectivity index (χ4v) is 3.03. The molecule has 0 N–H and O–H groups in total. The molecule has 1 aliphatic heterocycles. The van der Waals surface area contributed by atoms with E-state index >= 15 is 0 Å². The minimum absolute atomic E-state index is 0.0467. The maximum atomic E-state index is 12.7. The molecule has 6 nitrogen and oxygen atoms in total. The van der Waals surface area contributed by atoms with Gasteiger partial charge < -0.3 is 14.2 Å². The number of carbonyl (C=O) groups excluding carboxylic acids is 2. The summed E-state index contributed by atoms with van der Waals surface area (Å²) in [7, 11) is 0. The van der Waals surface area contributed by atoms with Crippen LogP contribution in [-0.2, 0) is 14.2 Å². The Balaban J connectivity index is 2.25. The molecule has 1 unspecified atom stereocenters. The number of benzene rings is 1. The predicted octanol–water partition coefficient (Wildman–Crippen LogP) is 3.07. The van der Waals surface area contributed by atoms with Crippen LogP contribution in [0.5, 0.6) is 0 Å². The van der Waals surface area contributed by atoms with Gasteiger partial charge in [-0.15, -0.1) is 0 Å². The van der Waals surface area contributed by atoms with Crippen molar-refractivity contribution in [2.45, 2.75) is 46.6 Å². The van der Waals surface area contributed by atoms with Gasteiger partial charge in [-0.2, -0.15) is 0 Å². The average molecular weight is 349 g/mol. The summed E-state index contributed by atoms with van der Waals surface area (Å²) >= 11 is 0. The molecule has 138 valence electrons. The molecule has 0 bridgehead atoms. The van der Waals surface area contributed by atoms with Gasteiger partial charge in [-0.1, -0.05) is 19.9 Å². The van der Waals surface area contributed by atoms with Crippen molar-refractivity contribution in [2.24, 2.45) is 5.92 Å². The second-order valence-electron chi connectivity index (χ2n) is 6.61. The summed E-state index contributed by atoms with van der Waals surface area (Å²) in [6.07, 6.45) is 0. The maximum absolute atomic E-state index is 12.7. The van der Waals surface area contributed by atoms with Crippen LogP contribution in [0.3, 0.4) is 0 Å². The van der Waals surface area contributed by atoms with E-state index in [1.165, 1.54) is 6.07 Å². The van der Waals surface area contributed by atoms with E-state index < -0.39 is 17.8 Å². The number of hydrogen-bond donors (Lipinski definition) is 0. The highest BCUT2D eigenvalue weighted by atomic mass is 16.7. The van der Waals surface area contributed by atoms with Gasteiger partial charge in [0.1, 0.15) is 0 Å². The first-order valence-corrected chi connectivity index (χ1v) is 8.73. The third-order valence-electron chi connectivity index (χ3n) is 4.24. The first kappa shape index (κ1) is 19.4. The molecule has 25 heavy (non-hydrogen) atoms. The molecule has 0 radical (unpaired) electrons. The van der Waals surface area contributed by atoms with Gasteiger partial charge in [0.05, 0.1) is 24.3 Å². The molecule has 0 saturated carbocycles. The Bertz CT molecular complexity index is 628. The third-order valence-corrected chi connectivity index (χ3v) is 4.24. The molecule has 1 saturated heterocycles. The van der Waals surface area contributed by atoms with Crippen LogP contribution in [0, 0.1) is 5.92 Å². The average Bonchev–Trinajstić information content (AvgIpc) is 3.00. The molecule has 1 aromatic carbocycles. The lowest BCUT2D eigenvalue weighted by Crippen LogP contribution is -2.55. The van der Waals surface area contributed by atoms with E-state index in [2.05, 4.69) is 0 Å². The number of ether oxygens (including phenoxy) is 3. The quantitative estimate of drug-likeness (QED) is 0.736. The van der Waals surface area contributed by atoms with E-state index in [0.29, 0.717) is 24.3 Å². The normalized spacial score (nSPS) is 20.9. The van der Waals surface area contributed by atoms with Gasteiger partial charge >= 0.3 is 11.9 Å². The van der Waals surface area contributed by atoms with Gasteiger partial charge in [-0.05, 0) is 39.0 Å². The van der Waals surface area contributed by atoms with Gasteiger partial charge in [0, 0.05) is 18.5 Å². The Morgan fingerprint density at radius 1 is 1.20 bits per heavy atom. The van der Waals surface area contributed by atoms with Crippen LogP contribution in [0.1, 0.15) is 55.3 Å². The Morgan fingerprint density at radius 3 is 2.40 bits per heavy atom. The highest BCUT2D eigenvalue weighted by molar-refractivity contribution is 5.95. The number of hydrogen-bond acceptors (Lipinski definition) is 6. The lowest BCUT2D eigenvalue weighted by molar-refractivity contribution is -0.275. The molecular formula is C19H27NO5. The minimum atomic E-state index is -1.09. The number of nitrogens with zero attached hydrogens (tertiary/aromatic N) is 1. The smallest absolute Gasteiger partial charge is 0.341 e. The second kappa shape index (κ2) is 7.97. The Morgan fingerprint density at radius 2 is 1.84 bits per heavy atom. The van der Waals surface area contributed by atoms with Crippen molar-refractivity contribution in [3.63, 3.8) is 0 Å². The molecule has 1 atom stereocenters. The summed E-state index contributed by atoms with van der Waals surface area (Å²) in [5.41, 5.74) is 0.618. The monoisotopic (exact) mass is 349 g/mol. The highest BCUT2D eigenvalue weighted by Gasteiger charge is 2.50. The van der Waals surface area contributed by atoms with Gasteiger partial charge in [0.25, 0.3) is 5.91 Å². The molecule has 0 aromatic heterocycles. The molecule has 0 aliphatic carbocycles. The fourth-order valence-electron chi connectivity index (χ4n) is 3.03. The molecule has 2 rings (SSSR count). The standard InChI is InChI=1S/C19H27NO5/c1-6-23-17(21)15-8-7-9-16(12-15)18(22)25-19(13(2)3)20(14(4)5)10-11-24-19/h7-9,12-14H,6,10-11H2,1-5H3. The number of esters is 2. The van der Waals surface area contributed by atoms with Crippen LogP contribution in [0.25, 0.3) is 0 Å². The van der Waals surface area contributed by atoms with Crippen molar-refractivity contribution in [3.8, 4) is 0 Å². The van der Waals surface area contributed by atoms with Crippen LogP contribution >= 0.6 is 0 Å². The maximum Gasteiger partial charge on any atom is 0.341 e. The summed E-state index contributed by atoms with van der Waals surface area (Å²) in [4.78, 5) is 26.6. The molecule has 1 aromatic rings. The lowest BCUT2D eigenvalue weighted by Gasteiger charge is -2.41. The van der Waals surface area contributed by atoms with Crippen LogP contribution < -0.4 is 0 Å². The molecule has 1 fully saturated rings. The zero-order chi connectivity index (χ0) is 18.6. The van der Waals surface area contributed by atoms with Crippen LogP contribution in [-0.4, -0.2) is 48.5 Å². The van der Waals surface area contributed by atoms with E-state index in [9.17, 15) is 9.59 Å². The van der Waals surface area contributed by atoms with Gasteiger partial charge in [-0.3, -0.25) is 0 Å². The first-order valence-electron chi connectivity index (χ1n) is 8.73. The first-order chi connectivity index (χ1) is 11.8. The topological polar surface area (TPSA) is 65.1 Å². The van der Waals surface area contributed by atoms with Crippen molar-refractivity contribution >= 4 is 11.9 Å². The molecule has 1 aliphatic rings. The molecule has 1 heterocycles. The lowest BCUT2D eigenvalue weighted by atomic mass is 10.1. The molecule has 0 spiro atoms. The van der Waals surface area contributed by atoms with E-state index in [0.717, 1.165) is 0 Å².